The third kappa shape index (κ3) is 2.72. The molecule has 126 valence electrons. The molecular formula is C19H16BrN3O2. The van der Waals surface area contributed by atoms with Crippen molar-refractivity contribution in [2.75, 3.05) is 12.4 Å². The zero-order valence-electron chi connectivity index (χ0n) is 13.6. The Morgan fingerprint density at radius 1 is 1.20 bits per heavy atom. The molecule has 5 nitrogen and oxygen atoms in total. The maximum absolute atomic E-state index is 12.4. The van der Waals surface area contributed by atoms with Crippen LogP contribution in [0.15, 0.2) is 59.3 Å². The van der Waals surface area contributed by atoms with Crippen LogP contribution in [0.5, 0.6) is 5.75 Å². The van der Waals surface area contributed by atoms with Crippen molar-refractivity contribution in [1.82, 2.24) is 9.55 Å². The minimum Gasteiger partial charge on any atom is -0.496 e. The summed E-state index contributed by atoms with van der Waals surface area (Å²) in [6.07, 6.45) is 2.10. The largest absolute Gasteiger partial charge is 0.496 e. The van der Waals surface area contributed by atoms with E-state index in [0.29, 0.717) is 12.2 Å². The Bertz CT molecular complexity index is 951. The molecule has 3 aromatic rings. The third-order valence-corrected chi connectivity index (χ3v) is 5.07. The molecule has 4 rings (SSSR count). The standard InChI is InChI=1S/C19H16BrN3O2/c1-25-16-9-5-2-6-12(16)13-10-17(24)22-19-18(13)21-11-23(19)15-8-4-3-7-14(15)20/h2-9,11,13H,10H2,1H3,(H,22,24)/t13-/m1/s1. The lowest BCUT2D eigenvalue weighted by Gasteiger charge is -2.24. The number of halogens is 1. The highest BCUT2D eigenvalue weighted by atomic mass is 79.9. The number of rotatable bonds is 3. The normalized spacial score (nSPS) is 16.2. The molecule has 0 saturated carbocycles. The number of nitrogens with one attached hydrogen (secondary N) is 1. The lowest BCUT2D eigenvalue weighted by Crippen LogP contribution is -2.25. The van der Waals surface area contributed by atoms with Gasteiger partial charge in [0, 0.05) is 22.4 Å². The zero-order valence-corrected chi connectivity index (χ0v) is 15.2. The first-order valence-electron chi connectivity index (χ1n) is 7.94. The molecule has 1 aliphatic rings. The number of ether oxygens (including phenoxy) is 1. The van der Waals surface area contributed by atoms with Crippen LogP contribution in [0.1, 0.15) is 23.6 Å². The quantitative estimate of drug-likeness (QED) is 0.722. The van der Waals surface area contributed by atoms with Gasteiger partial charge in [0.1, 0.15) is 17.9 Å². The van der Waals surface area contributed by atoms with Gasteiger partial charge in [-0.1, -0.05) is 30.3 Å². The topological polar surface area (TPSA) is 56.1 Å². The number of aromatic nitrogens is 2. The van der Waals surface area contributed by atoms with Crippen molar-refractivity contribution in [2.24, 2.45) is 0 Å². The monoisotopic (exact) mass is 397 g/mol. The Hall–Kier alpha value is -2.60. The molecule has 2 aromatic carbocycles. The summed E-state index contributed by atoms with van der Waals surface area (Å²) in [5, 5.41) is 2.97. The predicted molar refractivity (Wildman–Crippen MR) is 99.3 cm³/mol. The van der Waals surface area contributed by atoms with Crippen molar-refractivity contribution in [1.29, 1.82) is 0 Å². The number of methoxy groups -OCH3 is 1. The molecule has 0 aliphatic carbocycles. The van der Waals surface area contributed by atoms with Crippen LogP contribution in [0, 0.1) is 0 Å². The number of imidazole rings is 1. The van der Waals surface area contributed by atoms with E-state index < -0.39 is 0 Å². The maximum Gasteiger partial charge on any atom is 0.226 e. The first-order valence-corrected chi connectivity index (χ1v) is 8.73. The summed E-state index contributed by atoms with van der Waals surface area (Å²) in [4.78, 5) is 17.0. The van der Waals surface area contributed by atoms with E-state index in [9.17, 15) is 4.79 Å². The fraction of sp³-hybridized carbons (Fsp3) is 0.158. The zero-order chi connectivity index (χ0) is 17.4. The number of benzene rings is 2. The number of hydrogen-bond donors (Lipinski definition) is 1. The molecule has 1 N–H and O–H groups in total. The number of amides is 1. The summed E-state index contributed by atoms with van der Waals surface area (Å²) in [5.74, 6) is 1.31. The minimum atomic E-state index is -0.136. The number of carbonyl (C=O) groups excluding carboxylic acids is 1. The van der Waals surface area contributed by atoms with E-state index in [1.54, 1.807) is 13.4 Å². The summed E-state index contributed by atoms with van der Waals surface area (Å²) >= 11 is 3.56. The number of para-hydroxylation sites is 2. The Balaban J connectivity index is 1.86. The summed E-state index contributed by atoms with van der Waals surface area (Å²) in [5.41, 5.74) is 2.75. The smallest absolute Gasteiger partial charge is 0.226 e. The molecule has 0 spiro atoms. The second-order valence-corrected chi connectivity index (χ2v) is 6.70. The number of nitrogens with zero attached hydrogens (tertiary/aromatic N) is 2. The molecule has 25 heavy (non-hydrogen) atoms. The van der Waals surface area contributed by atoms with Gasteiger partial charge in [0.05, 0.1) is 18.5 Å². The van der Waals surface area contributed by atoms with Gasteiger partial charge in [-0.3, -0.25) is 9.36 Å². The number of carbonyl (C=O) groups is 1. The molecule has 1 aliphatic heterocycles. The summed E-state index contributed by atoms with van der Waals surface area (Å²) in [7, 11) is 1.64. The number of anilines is 1. The fourth-order valence-electron chi connectivity index (χ4n) is 3.25. The van der Waals surface area contributed by atoms with Crippen LogP contribution in [-0.2, 0) is 4.79 Å². The molecule has 0 fully saturated rings. The Labute approximate surface area is 153 Å². The molecule has 1 atom stereocenters. The Kier molecular flexibility index (Phi) is 4.05. The van der Waals surface area contributed by atoms with Crippen molar-refractivity contribution in [2.45, 2.75) is 12.3 Å². The van der Waals surface area contributed by atoms with Gasteiger partial charge in [-0.2, -0.15) is 0 Å². The molecule has 1 aromatic heterocycles. The molecule has 0 bridgehead atoms. The highest BCUT2D eigenvalue weighted by Gasteiger charge is 2.32. The van der Waals surface area contributed by atoms with E-state index in [1.807, 2.05) is 53.1 Å². The maximum atomic E-state index is 12.4. The average molecular weight is 398 g/mol. The van der Waals surface area contributed by atoms with Gasteiger partial charge in [0.25, 0.3) is 0 Å². The summed E-state index contributed by atoms with van der Waals surface area (Å²) in [6, 6.07) is 15.6. The molecule has 0 unspecified atom stereocenters. The van der Waals surface area contributed by atoms with Crippen LogP contribution in [0.2, 0.25) is 0 Å². The van der Waals surface area contributed by atoms with Gasteiger partial charge in [-0.05, 0) is 34.1 Å². The van der Waals surface area contributed by atoms with Gasteiger partial charge in [0.2, 0.25) is 5.91 Å². The highest BCUT2D eigenvalue weighted by molar-refractivity contribution is 9.10. The molecule has 0 radical (unpaired) electrons. The fourth-order valence-corrected chi connectivity index (χ4v) is 3.72. The van der Waals surface area contributed by atoms with Crippen LogP contribution in [0.25, 0.3) is 5.69 Å². The van der Waals surface area contributed by atoms with Crippen molar-refractivity contribution >= 4 is 27.7 Å². The first-order chi connectivity index (χ1) is 12.2. The molecule has 0 saturated heterocycles. The lowest BCUT2D eigenvalue weighted by atomic mass is 9.89. The van der Waals surface area contributed by atoms with Gasteiger partial charge in [0.15, 0.2) is 0 Å². The van der Waals surface area contributed by atoms with E-state index in [2.05, 4.69) is 26.2 Å². The van der Waals surface area contributed by atoms with Crippen LogP contribution >= 0.6 is 15.9 Å². The summed E-state index contributed by atoms with van der Waals surface area (Å²) in [6.45, 7) is 0. The number of hydrogen-bond acceptors (Lipinski definition) is 3. The van der Waals surface area contributed by atoms with Gasteiger partial charge < -0.3 is 10.1 Å². The second kappa shape index (κ2) is 6.37. The molecule has 6 heteroatoms. The van der Waals surface area contributed by atoms with Crippen LogP contribution in [0.3, 0.4) is 0 Å². The molecule has 2 heterocycles. The number of fused-ring (bicyclic) bond motifs is 1. The van der Waals surface area contributed by atoms with Gasteiger partial charge >= 0.3 is 0 Å². The van der Waals surface area contributed by atoms with Crippen LogP contribution < -0.4 is 10.1 Å². The van der Waals surface area contributed by atoms with E-state index in [4.69, 9.17) is 4.74 Å². The van der Waals surface area contributed by atoms with Crippen molar-refractivity contribution in [3.8, 4) is 11.4 Å². The third-order valence-electron chi connectivity index (χ3n) is 4.40. The predicted octanol–water partition coefficient (Wildman–Crippen LogP) is 4.12. The Morgan fingerprint density at radius 3 is 2.76 bits per heavy atom. The van der Waals surface area contributed by atoms with Crippen LogP contribution in [-0.4, -0.2) is 22.6 Å². The molecular weight excluding hydrogens is 382 g/mol. The van der Waals surface area contributed by atoms with Crippen molar-refractivity contribution in [3.63, 3.8) is 0 Å². The summed E-state index contributed by atoms with van der Waals surface area (Å²) < 4.78 is 8.32. The van der Waals surface area contributed by atoms with Gasteiger partial charge in [-0.15, -0.1) is 0 Å². The minimum absolute atomic E-state index is 0.0304. The lowest BCUT2D eigenvalue weighted by molar-refractivity contribution is -0.116. The van der Waals surface area contributed by atoms with E-state index >= 15 is 0 Å². The Morgan fingerprint density at radius 2 is 1.96 bits per heavy atom. The van der Waals surface area contributed by atoms with Crippen molar-refractivity contribution in [3.05, 3.63) is 70.6 Å². The van der Waals surface area contributed by atoms with E-state index in [1.165, 1.54) is 0 Å². The van der Waals surface area contributed by atoms with E-state index in [0.717, 1.165) is 27.2 Å². The molecule has 1 amide bonds. The highest BCUT2D eigenvalue weighted by Crippen LogP contribution is 2.41. The van der Waals surface area contributed by atoms with E-state index in [-0.39, 0.29) is 11.8 Å². The second-order valence-electron chi connectivity index (χ2n) is 5.85. The first kappa shape index (κ1) is 15.9. The SMILES string of the molecule is COc1ccccc1[C@H]1CC(=O)Nc2c1ncn2-c1ccccc1Br. The van der Waals surface area contributed by atoms with Crippen molar-refractivity contribution < 1.29 is 9.53 Å². The average Bonchev–Trinajstić information content (AvgIpc) is 3.05. The van der Waals surface area contributed by atoms with Gasteiger partial charge in [-0.25, -0.2) is 4.98 Å². The van der Waals surface area contributed by atoms with Crippen LogP contribution in [0.4, 0.5) is 5.82 Å².